The van der Waals surface area contributed by atoms with Crippen molar-refractivity contribution in [3.8, 4) is 0 Å². The molecule has 146 valence electrons. The average Bonchev–Trinajstić information content (AvgIpc) is 2.53. The number of nitrogens with zero attached hydrogens (tertiary/aromatic N) is 1. The summed E-state index contributed by atoms with van der Waals surface area (Å²) in [6.07, 6.45) is -3.81. The topological polar surface area (TPSA) is 29.5 Å². The molecule has 0 N–H and O–H groups in total. The molecule has 0 aliphatic carbocycles. The molecule has 0 radical (unpaired) electrons. The molecule has 0 bridgehead atoms. The standard InChI is InChI=1S/C18H23F4NO2S/c1-17(2,3)25-16(24)23-10-8-12(9-11-23)15(19)26-14-6-4-13(5-7-14)18(20,21)22/h4-7,12,15H,8-11H2,1-3H3. The van der Waals surface area contributed by atoms with Gasteiger partial charge in [0.25, 0.3) is 0 Å². The molecule has 1 aromatic rings. The van der Waals surface area contributed by atoms with Crippen molar-refractivity contribution in [1.29, 1.82) is 0 Å². The number of carbonyl (C=O) groups excluding carboxylic acids is 1. The molecule has 1 saturated heterocycles. The van der Waals surface area contributed by atoms with E-state index in [0.717, 1.165) is 23.9 Å². The number of benzene rings is 1. The Morgan fingerprint density at radius 1 is 1.15 bits per heavy atom. The Hall–Kier alpha value is -1.44. The van der Waals surface area contributed by atoms with E-state index in [9.17, 15) is 22.4 Å². The number of alkyl halides is 4. The summed E-state index contributed by atoms with van der Waals surface area (Å²) in [7, 11) is 0. The summed E-state index contributed by atoms with van der Waals surface area (Å²) >= 11 is 0.920. The number of halogens is 4. The first kappa shape index (κ1) is 20.9. The number of amides is 1. The van der Waals surface area contributed by atoms with Crippen LogP contribution in [0.4, 0.5) is 22.4 Å². The molecule has 0 aromatic heterocycles. The minimum Gasteiger partial charge on any atom is -0.444 e. The van der Waals surface area contributed by atoms with Gasteiger partial charge in [0.1, 0.15) is 5.60 Å². The fourth-order valence-corrected chi connectivity index (χ4v) is 3.64. The maximum Gasteiger partial charge on any atom is 0.416 e. The zero-order chi connectivity index (χ0) is 19.5. The monoisotopic (exact) mass is 393 g/mol. The van der Waals surface area contributed by atoms with Crippen molar-refractivity contribution >= 4 is 17.9 Å². The van der Waals surface area contributed by atoms with E-state index in [1.54, 1.807) is 25.7 Å². The van der Waals surface area contributed by atoms with E-state index in [0.29, 0.717) is 30.8 Å². The summed E-state index contributed by atoms with van der Waals surface area (Å²) in [6.45, 7) is 6.18. The first-order valence-electron chi connectivity index (χ1n) is 8.41. The first-order valence-corrected chi connectivity index (χ1v) is 9.29. The molecule has 1 heterocycles. The number of hydrogen-bond donors (Lipinski definition) is 0. The summed E-state index contributed by atoms with van der Waals surface area (Å²) < 4.78 is 57.5. The fraction of sp³-hybridized carbons (Fsp3) is 0.611. The van der Waals surface area contributed by atoms with Gasteiger partial charge >= 0.3 is 12.3 Å². The van der Waals surface area contributed by atoms with Crippen molar-refractivity contribution in [2.45, 2.75) is 55.8 Å². The SMILES string of the molecule is CC(C)(C)OC(=O)N1CCC(C(F)Sc2ccc(C(F)(F)F)cc2)CC1. The van der Waals surface area contributed by atoms with E-state index in [1.165, 1.54) is 12.1 Å². The lowest BCUT2D eigenvalue weighted by Gasteiger charge is -2.34. The average molecular weight is 393 g/mol. The molecule has 1 fully saturated rings. The minimum absolute atomic E-state index is 0.249. The van der Waals surface area contributed by atoms with Crippen LogP contribution in [0.1, 0.15) is 39.2 Å². The second-order valence-electron chi connectivity index (χ2n) is 7.30. The van der Waals surface area contributed by atoms with Crippen molar-refractivity contribution in [3.63, 3.8) is 0 Å². The molecule has 1 aliphatic heterocycles. The predicted molar refractivity (Wildman–Crippen MR) is 92.7 cm³/mol. The van der Waals surface area contributed by atoms with Gasteiger partial charge in [0.05, 0.1) is 5.56 Å². The van der Waals surface area contributed by atoms with Gasteiger partial charge in [-0.15, -0.1) is 0 Å². The molecule has 1 unspecified atom stereocenters. The van der Waals surface area contributed by atoms with E-state index >= 15 is 0 Å². The molecule has 2 rings (SSSR count). The van der Waals surface area contributed by atoms with Gasteiger partial charge in [0.15, 0.2) is 5.50 Å². The van der Waals surface area contributed by atoms with E-state index < -0.39 is 28.9 Å². The first-order chi connectivity index (χ1) is 12.0. The normalized spacial score (nSPS) is 17.9. The van der Waals surface area contributed by atoms with Crippen LogP contribution in [0.2, 0.25) is 0 Å². The third-order valence-corrected chi connectivity index (χ3v) is 5.15. The van der Waals surface area contributed by atoms with E-state index in [-0.39, 0.29) is 5.92 Å². The Kier molecular flexibility index (Phi) is 6.47. The Morgan fingerprint density at radius 3 is 2.15 bits per heavy atom. The van der Waals surface area contributed by atoms with Gasteiger partial charge in [-0.2, -0.15) is 13.2 Å². The smallest absolute Gasteiger partial charge is 0.416 e. The van der Waals surface area contributed by atoms with E-state index in [2.05, 4.69) is 0 Å². The highest BCUT2D eigenvalue weighted by Crippen LogP contribution is 2.36. The van der Waals surface area contributed by atoms with Crippen LogP contribution in [0.25, 0.3) is 0 Å². The van der Waals surface area contributed by atoms with Crippen LogP contribution in [0.5, 0.6) is 0 Å². The highest BCUT2D eigenvalue weighted by Gasteiger charge is 2.32. The third kappa shape index (κ3) is 6.07. The van der Waals surface area contributed by atoms with Crippen molar-refractivity contribution in [2.75, 3.05) is 13.1 Å². The van der Waals surface area contributed by atoms with Gasteiger partial charge in [-0.3, -0.25) is 0 Å². The van der Waals surface area contributed by atoms with Crippen LogP contribution in [0, 0.1) is 5.92 Å². The number of likely N-dealkylation sites (tertiary alicyclic amines) is 1. The summed E-state index contributed by atoms with van der Waals surface area (Å²) in [5.74, 6) is -0.249. The summed E-state index contributed by atoms with van der Waals surface area (Å²) in [5.41, 5.74) is -2.55. The highest BCUT2D eigenvalue weighted by atomic mass is 32.2. The second kappa shape index (κ2) is 8.06. The molecule has 26 heavy (non-hydrogen) atoms. The van der Waals surface area contributed by atoms with E-state index in [4.69, 9.17) is 4.74 Å². The lowest BCUT2D eigenvalue weighted by atomic mass is 9.98. The van der Waals surface area contributed by atoms with E-state index in [1.807, 2.05) is 0 Å². The van der Waals surface area contributed by atoms with Gasteiger partial charge in [0.2, 0.25) is 0 Å². The van der Waals surface area contributed by atoms with Crippen molar-refractivity contribution < 1.29 is 27.1 Å². The quantitative estimate of drug-likeness (QED) is 0.484. The Morgan fingerprint density at radius 2 is 1.69 bits per heavy atom. The van der Waals surface area contributed by atoms with Gasteiger partial charge in [-0.25, -0.2) is 9.18 Å². The highest BCUT2D eigenvalue weighted by molar-refractivity contribution is 7.99. The van der Waals surface area contributed by atoms with Gasteiger partial charge in [0, 0.05) is 23.9 Å². The summed E-state index contributed by atoms with van der Waals surface area (Å²) in [5, 5.41) is 0. The maximum atomic E-state index is 14.5. The molecule has 0 saturated carbocycles. The molecular formula is C18H23F4NO2S. The van der Waals surface area contributed by atoms with Crippen molar-refractivity contribution in [1.82, 2.24) is 4.90 Å². The molecule has 1 amide bonds. The summed E-state index contributed by atoms with van der Waals surface area (Å²) in [4.78, 5) is 14.0. The number of rotatable bonds is 3. The number of carbonyl (C=O) groups is 1. The van der Waals surface area contributed by atoms with Gasteiger partial charge in [-0.05, 0) is 57.9 Å². The molecule has 0 spiro atoms. The lowest BCUT2D eigenvalue weighted by molar-refractivity contribution is -0.137. The van der Waals surface area contributed by atoms with Crippen molar-refractivity contribution in [2.24, 2.45) is 5.92 Å². The van der Waals surface area contributed by atoms with Crippen LogP contribution < -0.4 is 0 Å². The van der Waals surface area contributed by atoms with Crippen LogP contribution in [-0.2, 0) is 10.9 Å². The molecular weight excluding hydrogens is 370 g/mol. The number of ether oxygens (including phenoxy) is 1. The molecule has 1 aromatic carbocycles. The second-order valence-corrected chi connectivity index (χ2v) is 8.45. The molecule has 1 aliphatic rings. The molecule has 3 nitrogen and oxygen atoms in total. The number of hydrogen-bond acceptors (Lipinski definition) is 3. The fourth-order valence-electron chi connectivity index (χ4n) is 2.62. The largest absolute Gasteiger partial charge is 0.444 e. The zero-order valence-corrected chi connectivity index (χ0v) is 15.8. The molecule has 1 atom stereocenters. The Balaban J connectivity index is 1.85. The maximum absolute atomic E-state index is 14.5. The lowest BCUT2D eigenvalue weighted by Crippen LogP contribution is -2.42. The number of piperidine rings is 1. The zero-order valence-electron chi connectivity index (χ0n) is 15.0. The van der Waals surface area contributed by atoms with Crippen LogP contribution >= 0.6 is 11.8 Å². The van der Waals surface area contributed by atoms with Gasteiger partial charge < -0.3 is 9.64 Å². The number of thioether (sulfide) groups is 1. The predicted octanol–water partition coefficient (Wildman–Crippen LogP) is 5.74. The third-order valence-electron chi connectivity index (χ3n) is 3.99. The Bertz CT molecular complexity index is 605. The Labute approximate surface area is 155 Å². The summed E-state index contributed by atoms with van der Waals surface area (Å²) in [6, 6.07) is 4.49. The van der Waals surface area contributed by atoms with Crippen LogP contribution in [0.15, 0.2) is 29.2 Å². The van der Waals surface area contributed by atoms with Crippen molar-refractivity contribution in [3.05, 3.63) is 29.8 Å². The molecule has 8 heteroatoms. The van der Waals surface area contributed by atoms with Crippen LogP contribution in [-0.4, -0.2) is 35.2 Å². The van der Waals surface area contributed by atoms with Gasteiger partial charge in [-0.1, -0.05) is 11.8 Å². The minimum atomic E-state index is -4.40. The van der Waals surface area contributed by atoms with Crippen LogP contribution in [0.3, 0.4) is 0 Å².